The Morgan fingerprint density at radius 1 is 1.58 bits per heavy atom. The number of nitrogens with zero attached hydrogens (tertiary/aromatic N) is 2. The molecule has 1 amide bonds. The molecule has 0 aliphatic rings. The molecule has 0 saturated carbocycles. The number of fused-ring (bicyclic) bond motifs is 1. The Kier molecular flexibility index (Phi) is 4.16. The third kappa shape index (κ3) is 3.31. The van der Waals surface area contributed by atoms with Crippen molar-refractivity contribution in [3.63, 3.8) is 0 Å². The number of nitrogens with one attached hydrogen (secondary N) is 1. The van der Waals surface area contributed by atoms with Crippen LogP contribution >= 0.6 is 11.3 Å². The van der Waals surface area contributed by atoms with Gasteiger partial charge < -0.3 is 10.4 Å². The number of hydrogen-bond donors (Lipinski definition) is 2. The van der Waals surface area contributed by atoms with Crippen LogP contribution in [0.25, 0.3) is 4.96 Å². The van der Waals surface area contributed by atoms with Gasteiger partial charge in [-0.15, -0.1) is 11.3 Å². The molecule has 0 spiro atoms. The molecule has 102 valence electrons. The minimum absolute atomic E-state index is 0.0991. The first kappa shape index (κ1) is 13.5. The molecule has 0 fully saturated rings. The highest BCUT2D eigenvalue weighted by Gasteiger charge is 2.19. The average Bonchev–Trinajstić information content (AvgIpc) is 2.88. The van der Waals surface area contributed by atoms with E-state index in [9.17, 15) is 9.59 Å². The van der Waals surface area contributed by atoms with E-state index in [4.69, 9.17) is 5.11 Å². The summed E-state index contributed by atoms with van der Waals surface area (Å²) in [7, 11) is 0. The monoisotopic (exact) mass is 281 g/mol. The van der Waals surface area contributed by atoms with Gasteiger partial charge in [-0.2, -0.15) is 0 Å². The Balaban J connectivity index is 1.96. The van der Waals surface area contributed by atoms with Gasteiger partial charge in [0.25, 0.3) is 0 Å². The van der Waals surface area contributed by atoms with Crippen molar-refractivity contribution in [1.29, 1.82) is 0 Å². The van der Waals surface area contributed by atoms with E-state index in [1.807, 2.05) is 22.9 Å². The minimum atomic E-state index is -0.999. The summed E-state index contributed by atoms with van der Waals surface area (Å²) in [6.45, 7) is 1.88. The van der Waals surface area contributed by atoms with Gasteiger partial charge in [0, 0.05) is 17.8 Å². The van der Waals surface area contributed by atoms with E-state index in [2.05, 4.69) is 10.3 Å². The number of carbonyl (C=O) groups is 2. The minimum Gasteiger partial charge on any atom is -0.480 e. The molecule has 0 bridgehead atoms. The van der Waals surface area contributed by atoms with E-state index < -0.39 is 12.0 Å². The van der Waals surface area contributed by atoms with Gasteiger partial charge in [-0.05, 0) is 6.42 Å². The van der Waals surface area contributed by atoms with Crippen LogP contribution in [-0.2, 0) is 16.0 Å². The third-order valence-corrected chi connectivity index (χ3v) is 3.47. The van der Waals surface area contributed by atoms with Gasteiger partial charge in [-0.25, -0.2) is 9.78 Å². The molecule has 0 radical (unpaired) electrons. The number of aromatic nitrogens is 2. The highest BCUT2D eigenvalue weighted by molar-refractivity contribution is 7.15. The molecule has 0 aliphatic carbocycles. The number of rotatable bonds is 6. The number of carboxylic acids is 1. The molecule has 0 saturated heterocycles. The second-order valence-corrected chi connectivity index (χ2v) is 5.12. The lowest BCUT2D eigenvalue weighted by Gasteiger charge is -2.12. The van der Waals surface area contributed by atoms with Crippen LogP contribution in [0.1, 0.15) is 25.5 Å². The molecule has 0 aliphatic heterocycles. The summed E-state index contributed by atoms with van der Waals surface area (Å²) in [5.41, 5.74) is 0.644. The summed E-state index contributed by atoms with van der Waals surface area (Å²) < 4.78 is 1.84. The molecule has 2 N–H and O–H groups in total. The zero-order valence-corrected chi connectivity index (χ0v) is 11.3. The summed E-state index contributed by atoms with van der Waals surface area (Å²) >= 11 is 1.49. The van der Waals surface area contributed by atoms with E-state index in [1.54, 1.807) is 6.20 Å². The largest absolute Gasteiger partial charge is 0.480 e. The summed E-state index contributed by atoms with van der Waals surface area (Å²) in [4.78, 5) is 27.8. The molecular weight excluding hydrogens is 266 g/mol. The van der Waals surface area contributed by atoms with Crippen LogP contribution in [0.5, 0.6) is 0 Å². The number of aliphatic carboxylic acids is 1. The van der Waals surface area contributed by atoms with Crippen LogP contribution in [0, 0.1) is 0 Å². The van der Waals surface area contributed by atoms with Crippen molar-refractivity contribution in [3.05, 3.63) is 23.5 Å². The molecule has 0 aromatic carbocycles. The van der Waals surface area contributed by atoms with Crippen LogP contribution in [0.15, 0.2) is 17.8 Å². The first-order valence-corrected chi connectivity index (χ1v) is 6.91. The highest BCUT2D eigenvalue weighted by Crippen LogP contribution is 2.11. The fraction of sp³-hybridized carbons (Fsp3) is 0.417. The lowest BCUT2D eigenvalue weighted by molar-refractivity contribution is -0.141. The number of carbonyl (C=O) groups excluding carboxylic acids is 1. The van der Waals surface area contributed by atoms with Crippen molar-refractivity contribution in [3.8, 4) is 0 Å². The van der Waals surface area contributed by atoms with Crippen molar-refractivity contribution in [2.45, 2.75) is 32.2 Å². The number of hydrogen-bond acceptors (Lipinski definition) is 4. The molecule has 2 aromatic rings. The van der Waals surface area contributed by atoms with Gasteiger partial charge in [0.2, 0.25) is 5.91 Å². The second kappa shape index (κ2) is 5.83. The Labute approximate surface area is 114 Å². The first-order valence-electron chi connectivity index (χ1n) is 6.03. The molecule has 7 heteroatoms. The van der Waals surface area contributed by atoms with Gasteiger partial charge in [0.05, 0.1) is 12.1 Å². The second-order valence-electron chi connectivity index (χ2n) is 4.25. The molecule has 1 atom stereocenters. The van der Waals surface area contributed by atoms with Crippen LogP contribution in [0.2, 0.25) is 0 Å². The quantitative estimate of drug-likeness (QED) is 0.836. The maximum Gasteiger partial charge on any atom is 0.326 e. The first-order chi connectivity index (χ1) is 9.10. The Morgan fingerprint density at radius 2 is 2.37 bits per heavy atom. The van der Waals surface area contributed by atoms with Gasteiger partial charge in [0.15, 0.2) is 4.96 Å². The van der Waals surface area contributed by atoms with Gasteiger partial charge >= 0.3 is 5.97 Å². The zero-order chi connectivity index (χ0) is 13.8. The SMILES string of the molecule is CCC[C@H](NC(=O)Cc1cn2ccsc2n1)C(=O)O. The van der Waals surface area contributed by atoms with Crippen molar-refractivity contribution < 1.29 is 14.7 Å². The summed E-state index contributed by atoms with van der Waals surface area (Å²) in [5, 5.41) is 13.4. The number of thiazole rings is 1. The number of imidazole rings is 1. The fourth-order valence-electron chi connectivity index (χ4n) is 1.82. The normalized spacial score (nSPS) is 12.5. The van der Waals surface area contributed by atoms with E-state index in [0.717, 1.165) is 4.96 Å². The van der Waals surface area contributed by atoms with Crippen LogP contribution in [0.4, 0.5) is 0 Å². The predicted octanol–water partition coefficient (Wildman–Crippen LogP) is 1.31. The van der Waals surface area contributed by atoms with E-state index in [-0.39, 0.29) is 12.3 Å². The van der Waals surface area contributed by atoms with Crippen LogP contribution in [-0.4, -0.2) is 32.4 Å². The molecule has 2 heterocycles. The van der Waals surface area contributed by atoms with E-state index in [0.29, 0.717) is 18.5 Å². The van der Waals surface area contributed by atoms with Crippen molar-refractivity contribution >= 4 is 28.2 Å². The Hall–Kier alpha value is -1.89. The standard InChI is InChI=1S/C12H15N3O3S/c1-2-3-9(11(17)18)14-10(16)6-8-7-15-4-5-19-12(15)13-8/h4-5,7,9H,2-3,6H2,1H3,(H,14,16)(H,17,18)/t9-/m0/s1. The third-order valence-electron chi connectivity index (χ3n) is 2.70. The van der Waals surface area contributed by atoms with Gasteiger partial charge in [0.1, 0.15) is 6.04 Å². The molecule has 2 rings (SSSR count). The van der Waals surface area contributed by atoms with Crippen LogP contribution < -0.4 is 5.32 Å². The summed E-state index contributed by atoms with van der Waals surface area (Å²) in [5.74, 6) is -1.31. The van der Waals surface area contributed by atoms with Crippen molar-refractivity contribution in [1.82, 2.24) is 14.7 Å². The smallest absolute Gasteiger partial charge is 0.326 e. The lowest BCUT2D eigenvalue weighted by atomic mass is 10.1. The fourth-order valence-corrected chi connectivity index (χ4v) is 2.54. The lowest BCUT2D eigenvalue weighted by Crippen LogP contribution is -2.41. The molecule has 6 nitrogen and oxygen atoms in total. The topological polar surface area (TPSA) is 83.7 Å². The number of carboxylic acid groups (broad SMARTS) is 1. The van der Waals surface area contributed by atoms with Gasteiger partial charge in [-0.1, -0.05) is 13.3 Å². The number of amides is 1. The van der Waals surface area contributed by atoms with E-state index in [1.165, 1.54) is 11.3 Å². The van der Waals surface area contributed by atoms with Crippen molar-refractivity contribution in [2.24, 2.45) is 0 Å². The summed E-state index contributed by atoms with van der Waals surface area (Å²) in [6.07, 6.45) is 4.88. The highest BCUT2D eigenvalue weighted by atomic mass is 32.1. The molecule has 0 unspecified atom stereocenters. The average molecular weight is 281 g/mol. The van der Waals surface area contributed by atoms with Crippen molar-refractivity contribution in [2.75, 3.05) is 0 Å². The van der Waals surface area contributed by atoms with Gasteiger partial charge in [-0.3, -0.25) is 9.20 Å². The molecule has 19 heavy (non-hydrogen) atoms. The maximum absolute atomic E-state index is 11.8. The molecular formula is C12H15N3O3S. The molecule has 2 aromatic heterocycles. The van der Waals surface area contributed by atoms with Crippen LogP contribution in [0.3, 0.4) is 0 Å². The Morgan fingerprint density at radius 3 is 3.00 bits per heavy atom. The Bertz CT molecular complexity index is 561. The maximum atomic E-state index is 11.8. The summed E-state index contributed by atoms with van der Waals surface area (Å²) in [6, 6.07) is -0.818. The van der Waals surface area contributed by atoms with E-state index >= 15 is 0 Å². The zero-order valence-electron chi connectivity index (χ0n) is 10.5. The predicted molar refractivity (Wildman–Crippen MR) is 71.2 cm³/mol.